The highest BCUT2D eigenvalue weighted by molar-refractivity contribution is 7.89. The van der Waals surface area contributed by atoms with E-state index >= 15 is 0 Å². The maximum absolute atomic E-state index is 12.7. The van der Waals surface area contributed by atoms with Crippen molar-refractivity contribution in [2.45, 2.75) is 29.9 Å². The van der Waals surface area contributed by atoms with Gasteiger partial charge in [-0.2, -0.15) is 0 Å². The van der Waals surface area contributed by atoms with Gasteiger partial charge < -0.3 is 14.9 Å². The number of hydrogen-bond acceptors (Lipinski definition) is 6. The fourth-order valence-electron chi connectivity index (χ4n) is 3.72. The molecule has 3 aliphatic rings. The number of nitrogens with one attached hydrogen (secondary N) is 1. The third-order valence-corrected chi connectivity index (χ3v) is 6.99. The highest BCUT2D eigenvalue weighted by Gasteiger charge is 2.55. The lowest BCUT2D eigenvalue weighted by molar-refractivity contribution is 0.141. The summed E-state index contributed by atoms with van der Waals surface area (Å²) in [6, 6.07) is 1.38. The van der Waals surface area contributed by atoms with Gasteiger partial charge in [0.15, 0.2) is 0 Å². The maximum atomic E-state index is 12.7. The fourth-order valence-corrected chi connectivity index (χ4v) is 5.37. The average Bonchev–Trinajstić information content (AvgIpc) is 3.17. The Kier molecular flexibility index (Phi) is 3.81. The number of anilines is 1. The van der Waals surface area contributed by atoms with Gasteiger partial charge in [0, 0.05) is 43.8 Å². The summed E-state index contributed by atoms with van der Waals surface area (Å²) >= 11 is 6.21. The van der Waals surface area contributed by atoms with Gasteiger partial charge in [-0.25, -0.2) is 18.1 Å². The summed E-state index contributed by atoms with van der Waals surface area (Å²) in [5.74, 6) is 0.514. The van der Waals surface area contributed by atoms with Gasteiger partial charge in [0.1, 0.15) is 10.7 Å². The molecule has 2 N–H and O–H groups in total. The molecule has 1 atom stereocenters. The SMILES string of the molecule is CN1CC(NS(=O)(=O)c2cnc(N3CC(O)C3)c(Cl)c2)C2(CC2)C1. The first-order valence-electron chi connectivity index (χ1n) is 8.09. The highest BCUT2D eigenvalue weighted by Crippen LogP contribution is 2.52. The molecule has 0 aromatic carbocycles. The Morgan fingerprint density at radius 3 is 2.67 bits per heavy atom. The average molecular weight is 373 g/mol. The van der Waals surface area contributed by atoms with Crippen LogP contribution in [0.15, 0.2) is 17.2 Å². The van der Waals surface area contributed by atoms with Crippen LogP contribution in [0.1, 0.15) is 12.8 Å². The molecule has 0 radical (unpaired) electrons. The van der Waals surface area contributed by atoms with E-state index in [1.807, 2.05) is 11.9 Å². The normalized spacial score (nSPS) is 26.8. The zero-order valence-electron chi connectivity index (χ0n) is 13.4. The summed E-state index contributed by atoms with van der Waals surface area (Å²) in [7, 11) is -1.64. The Morgan fingerprint density at radius 1 is 1.38 bits per heavy atom. The third kappa shape index (κ3) is 2.80. The molecule has 7 nitrogen and oxygen atoms in total. The standard InChI is InChI=1S/C15H21ClN4O3S/c1-19-8-13(15(9-19)2-3-15)18-24(22,23)11-4-12(16)14(17-5-11)20-6-10(21)7-20/h4-5,10,13,18,21H,2-3,6-9H2,1H3. The minimum Gasteiger partial charge on any atom is -0.389 e. The van der Waals surface area contributed by atoms with Gasteiger partial charge in [-0.15, -0.1) is 0 Å². The van der Waals surface area contributed by atoms with E-state index < -0.39 is 10.0 Å². The van der Waals surface area contributed by atoms with Gasteiger partial charge >= 0.3 is 0 Å². The van der Waals surface area contributed by atoms with Crippen molar-refractivity contribution in [2.75, 3.05) is 38.1 Å². The number of likely N-dealkylation sites (tertiary alicyclic amines) is 1. The van der Waals surface area contributed by atoms with Gasteiger partial charge in [-0.3, -0.25) is 0 Å². The van der Waals surface area contributed by atoms with Crippen molar-refractivity contribution < 1.29 is 13.5 Å². The lowest BCUT2D eigenvalue weighted by Crippen LogP contribution is -2.51. The van der Waals surface area contributed by atoms with Crippen molar-refractivity contribution in [1.82, 2.24) is 14.6 Å². The number of sulfonamides is 1. The first-order chi connectivity index (χ1) is 11.3. The van der Waals surface area contributed by atoms with Crippen LogP contribution >= 0.6 is 11.6 Å². The van der Waals surface area contributed by atoms with Crippen LogP contribution in [0.3, 0.4) is 0 Å². The zero-order valence-corrected chi connectivity index (χ0v) is 15.0. The van der Waals surface area contributed by atoms with Gasteiger partial charge in [0.2, 0.25) is 10.0 Å². The molecule has 1 aliphatic carbocycles. The maximum Gasteiger partial charge on any atom is 0.242 e. The molecule has 1 aromatic heterocycles. The second-order valence-electron chi connectivity index (χ2n) is 7.27. The van der Waals surface area contributed by atoms with Crippen molar-refractivity contribution >= 4 is 27.4 Å². The molecule has 2 saturated heterocycles. The smallest absolute Gasteiger partial charge is 0.242 e. The van der Waals surface area contributed by atoms with Gasteiger partial charge in [-0.05, 0) is 26.0 Å². The van der Waals surface area contributed by atoms with Crippen molar-refractivity contribution in [2.24, 2.45) is 5.41 Å². The molecule has 2 aliphatic heterocycles. The number of rotatable bonds is 4. The Morgan fingerprint density at radius 2 is 2.08 bits per heavy atom. The number of aliphatic hydroxyl groups is 1. The van der Waals surface area contributed by atoms with Crippen LogP contribution in [0.5, 0.6) is 0 Å². The lowest BCUT2D eigenvalue weighted by atomic mass is 10.0. The molecule has 0 bridgehead atoms. The van der Waals surface area contributed by atoms with Crippen LogP contribution in [0.2, 0.25) is 5.02 Å². The Bertz CT molecular complexity index is 762. The van der Waals surface area contributed by atoms with E-state index in [-0.39, 0.29) is 27.5 Å². The molecule has 24 heavy (non-hydrogen) atoms. The number of aromatic nitrogens is 1. The third-order valence-electron chi connectivity index (χ3n) is 5.28. The molecule has 4 rings (SSSR count). The van der Waals surface area contributed by atoms with Crippen LogP contribution < -0.4 is 9.62 Å². The first-order valence-corrected chi connectivity index (χ1v) is 9.95. The number of pyridine rings is 1. The van der Waals surface area contributed by atoms with Gasteiger partial charge in [-0.1, -0.05) is 11.6 Å². The largest absolute Gasteiger partial charge is 0.389 e. The van der Waals surface area contributed by atoms with Crippen LogP contribution in [0.25, 0.3) is 0 Å². The van der Waals surface area contributed by atoms with Gasteiger partial charge in [0.05, 0.1) is 11.1 Å². The predicted molar refractivity (Wildman–Crippen MR) is 90.7 cm³/mol. The molecule has 1 aromatic rings. The number of likely N-dealkylation sites (N-methyl/N-ethyl adjacent to an activating group) is 1. The number of halogens is 1. The van der Waals surface area contributed by atoms with E-state index in [0.717, 1.165) is 25.9 Å². The first kappa shape index (κ1) is 16.5. The second-order valence-corrected chi connectivity index (χ2v) is 9.39. The lowest BCUT2D eigenvalue weighted by Gasteiger charge is -2.37. The van der Waals surface area contributed by atoms with Crippen LogP contribution in [-0.4, -0.2) is 68.8 Å². The minimum atomic E-state index is -3.65. The van der Waals surface area contributed by atoms with Crippen molar-refractivity contribution in [1.29, 1.82) is 0 Å². The number of hydrogen-bond donors (Lipinski definition) is 2. The van der Waals surface area contributed by atoms with Crippen LogP contribution in [-0.2, 0) is 10.0 Å². The van der Waals surface area contributed by atoms with E-state index in [1.54, 1.807) is 0 Å². The minimum absolute atomic E-state index is 0.0588. The summed E-state index contributed by atoms with van der Waals surface area (Å²) in [5.41, 5.74) is 0.104. The molecule has 3 fully saturated rings. The van der Waals surface area contributed by atoms with Gasteiger partial charge in [0.25, 0.3) is 0 Å². The molecule has 1 saturated carbocycles. The van der Waals surface area contributed by atoms with E-state index in [2.05, 4.69) is 14.6 Å². The quantitative estimate of drug-likeness (QED) is 0.790. The van der Waals surface area contributed by atoms with E-state index in [4.69, 9.17) is 11.6 Å². The Hall–Kier alpha value is -0.930. The molecular weight excluding hydrogens is 352 g/mol. The summed E-state index contributed by atoms with van der Waals surface area (Å²) < 4.78 is 28.2. The van der Waals surface area contributed by atoms with E-state index in [0.29, 0.717) is 18.9 Å². The van der Waals surface area contributed by atoms with Crippen LogP contribution in [0.4, 0.5) is 5.82 Å². The molecule has 0 amide bonds. The topological polar surface area (TPSA) is 85.8 Å². The molecular formula is C15H21ClN4O3S. The number of aliphatic hydroxyl groups excluding tert-OH is 1. The molecule has 1 spiro atoms. The molecule has 1 unspecified atom stereocenters. The molecule has 3 heterocycles. The fraction of sp³-hybridized carbons (Fsp3) is 0.667. The predicted octanol–water partition coefficient (Wildman–Crippen LogP) is 0.288. The van der Waals surface area contributed by atoms with Crippen molar-refractivity contribution in [3.63, 3.8) is 0 Å². The highest BCUT2D eigenvalue weighted by atomic mass is 35.5. The number of β-amino-alcohol motifs (C(OH)–C–C–N with tert-alkyl or cyclic N) is 1. The zero-order chi connectivity index (χ0) is 17.1. The van der Waals surface area contributed by atoms with E-state index in [9.17, 15) is 13.5 Å². The molecule has 132 valence electrons. The summed E-state index contributed by atoms with van der Waals surface area (Å²) in [5, 5.41) is 9.65. The van der Waals surface area contributed by atoms with Crippen LogP contribution in [0, 0.1) is 5.41 Å². The number of nitrogens with zero attached hydrogens (tertiary/aromatic N) is 3. The van der Waals surface area contributed by atoms with Crippen molar-refractivity contribution in [3.8, 4) is 0 Å². The summed E-state index contributed by atoms with van der Waals surface area (Å²) in [4.78, 5) is 8.27. The van der Waals surface area contributed by atoms with Crippen molar-refractivity contribution in [3.05, 3.63) is 17.3 Å². The molecule has 9 heteroatoms. The monoisotopic (exact) mass is 372 g/mol. The Labute approximate surface area is 146 Å². The summed E-state index contributed by atoms with van der Waals surface area (Å²) in [6.45, 7) is 2.60. The summed E-state index contributed by atoms with van der Waals surface area (Å²) in [6.07, 6.45) is 3.11. The van der Waals surface area contributed by atoms with E-state index in [1.165, 1.54) is 12.3 Å². The Balaban J connectivity index is 1.53. The second kappa shape index (κ2) is 5.54.